The van der Waals surface area contributed by atoms with Crippen LogP contribution in [0.4, 0.5) is 5.69 Å². The van der Waals surface area contributed by atoms with Crippen molar-refractivity contribution in [2.45, 2.75) is 32.6 Å². The summed E-state index contributed by atoms with van der Waals surface area (Å²) in [5.74, 6) is 1.06. The number of Topliss-reactive ketones (excluding diaryl/α,β-unsaturated/α-hetero) is 1. The van der Waals surface area contributed by atoms with Gasteiger partial charge in [0.2, 0.25) is 18.6 Å². The van der Waals surface area contributed by atoms with Crippen LogP contribution in [0.5, 0.6) is 17.2 Å². The second-order valence-electron chi connectivity index (χ2n) is 8.23. The van der Waals surface area contributed by atoms with Gasteiger partial charge in [-0.3, -0.25) is 14.4 Å². The highest BCUT2D eigenvalue weighted by Gasteiger charge is 2.26. The van der Waals surface area contributed by atoms with Crippen LogP contribution in [0.2, 0.25) is 0 Å². The van der Waals surface area contributed by atoms with Crippen molar-refractivity contribution in [3.63, 3.8) is 0 Å². The molecule has 2 aromatic carbocycles. The van der Waals surface area contributed by atoms with E-state index in [-0.39, 0.29) is 36.1 Å². The van der Waals surface area contributed by atoms with Crippen LogP contribution >= 0.6 is 0 Å². The molecule has 1 saturated heterocycles. The third kappa shape index (κ3) is 5.01. The van der Waals surface area contributed by atoms with Gasteiger partial charge in [-0.05, 0) is 49.4 Å². The molecule has 1 fully saturated rings. The molecule has 0 unspecified atom stereocenters. The molecule has 0 spiro atoms. The first-order valence-corrected chi connectivity index (χ1v) is 10.7. The fourth-order valence-electron chi connectivity index (χ4n) is 4.09. The van der Waals surface area contributed by atoms with Crippen molar-refractivity contribution in [3.8, 4) is 17.2 Å². The lowest BCUT2D eigenvalue weighted by molar-refractivity contribution is -0.131. The molecule has 2 amide bonds. The molecule has 2 aromatic rings. The molecule has 8 heteroatoms. The first kappa shape index (κ1) is 21.7. The number of amides is 2. The predicted molar refractivity (Wildman–Crippen MR) is 117 cm³/mol. The molecule has 0 radical (unpaired) electrons. The minimum absolute atomic E-state index is 0.0463. The van der Waals surface area contributed by atoms with Crippen molar-refractivity contribution in [1.29, 1.82) is 0 Å². The highest BCUT2D eigenvalue weighted by Crippen LogP contribution is 2.37. The van der Waals surface area contributed by atoms with Crippen LogP contribution in [0.25, 0.3) is 0 Å². The van der Waals surface area contributed by atoms with Gasteiger partial charge >= 0.3 is 0 Å². The number of ether oxygens (including phenoxy) is 2. The van der Waals surface area contributed by atoms with Crippen LogP contribution in [0.15, 0.2) is 36.4 Å². The molecule has 168 valence electrons. The number of ketones is 1. The summed E-state index contributed by atoms with van der Waals surface area (Å²) in [6, 6.07) is 9.86. The molecule has 2 aliphatic rings. The first-order chi connectivity index (χ1) is 15.4. The van der Waals surface area contributed by atoms with Gasteiger partial charge in [0.15, 0.2) is 17.3 Å². The van der Waals surface area contributed by atoms with Crippen molar-refractivity contribution in [1.82, 2.24) is 4.90 Å². The van der Waals surface area contributed by atoms with E-state index in [0.29, 0.717) is 48.7 Å². The summed E-state index contributed by atoms with van der Waals surface area (Å²) in [6.07, 6.45) is 2.11. The normalized spacial score (nSPS) is 15.5. The zero-order chi connectivity index (χ0) is 22.7. The average molecular weight is 438 g/mol. The van der Waals surface area contributed by atoms with Crippen LogP contribution < -0.4 is 14.8 Å². The molecule has 0 atom stereocenters. The van der Waals surface area contributed by atoms with Gasteiger partial charge in [0, 0.05) is 31.1 Å². The maximum atomic E-state index is 12.6. The zero-order valence-corrected chi connectivity index (χ0v) is 17.9. The van der Waals surface area contributed by atoms with E-state index in [1.165, 1.54) is 6.92 Å². The van der Waals surface area contributed by atoms with E-state index in [1.807, 2.05) is 4.90 Å². The van der Waals surface area contributed by atoms with Crippen LogP contribution in [-0.4, -0.2) is 47.5 Å². The number of piperidine rings is 1. The molecule has 0 saturated carbocycles. The van der Waals surface area contributed by atoms with Crippen molar-refractivity contribution < 1.29 is 29.0 Å². The van der Waals surface area contributed by atoms with Gasteiger partial charge < -0.3 is 24.8 Å². The number of likely N-dealkylation sites (tertiary alicyclic amines) is 1. The van der Waals surface area contributed by atoms with Crippen molar-refractivity contribution in [2.24, 2.45) is 5.92 Å². The lowest BCUT2D eigenvalue weighted by Gasteiger charge is -2.32. The monoisotopic (exact) mass is 438 g/mol. The first-order valence-electron chi connectivity index (χ1n) is 10.7. The summed E-state index contributed by atoms with van der Waals surface area (Å²) in [5, 5.41) is 12.2. The molecular weight excluding hydrogens is 412 g/mol. The number of hydrogen-bond acceptors (Lipinski definition) is 6. The highest BCUT2D eigenvalue weighted by atomic mass is 16.7. The largest absolute Gasteiger partial charge is 0.508 e. The number of nitrogens with zero attached hydrogens (tertiary/aromatic N) is 1. The minimum atomic E-state index is -0.168. The molecule has 0 aromatic heterocycles. The summed E-state index contributed by atoms with van der Waals surface area (Å²) < 4.78 is 10.7. The van der Waals surface area contributed by atoms with Crippen molar-refractivity contribution in [2.75, 3.05) is 25.2 Å². The Bertz CT molecular complexity index is 1030. The lowest BCUT2D eigenvalue weighted by Crippen LogP contribution is -2.40. The molecule has 8 nitrogen and oxygen atoms in total. The number of phenolic OH excluding ortho intramolecular Hbond substituents is 1. The van der Waals surface area contributed by atoms with Gasteiger partial charge in [0.25, 0.3) is 0 Å². The van der Waals surface area contributed by atoms with Crippen LogP contribution in [-0.2, 0) is 16.0 Å². The molecule has 0 bridgehead atoms. The number of aromatic hydroxyl groups is 1. The number of anilines is 1. The Kier molecular flexibility index (Phi) is 6.30. The summed E-state index contributed by atoms with van der Waals surface area (Å²) >= 11 is 0. The van der Waals surface area contributed by atoms with E-state index in [4.69, 9.17) is 9.47 Å². The van der Waals surface area contributed by atoms with Gasteiger partial charge in [0.05, 0.1) is 12.1 Å². The standard InChI is InChI=1S/C24H26N2O6/c1-15(27)19-12-21-22(32-14-31-21)13-20(19)25-23(29)10-17-6-8-26(9-7-17)24(30)11-16-2-4-18(28)5-3-16/h2-5,12-13,17,28H,6-11,14H2,1H3,(H,25,29). The number of phenols is 1. The smallest absolute Gasteiger partial charge is 0.231 e. The van der Waals surface area contributed by atoms with E-state index in [9.17, 15) is 19.5 Å². The molecule has 32 heavy (non-hydrogen) atoms. The van der Waals surface area contributed by atoms with Crippen molar-refractivity contribution in [3.05, 3.63) is 47.5 Å². The Balaban J connectivity index is 1.29. The van der Waals surface area contributed by atoms with Crippen molar-refractivity contribution >= 4 is 23.3 Å². The minimum Gasteiger partial charge on any atom is -0.508 e. The van der Waals surface area contributed by atoms with Gasteiger partial charge in [0.1, 0.15) is 5.75 Å². The number of carbonyl (C=O) groups is 3. The van der Waals surface area contributed by atoms with Crippen LogP contribution in [0, 0.1) is 5.92 Å². The Morgan fingerprint density at radius 3 is 2.38 bits per heavy atom. The fourth-order valence-corrected chi connectivity index (χ4v) is 4.09. The number of fused-ring (bicyclic) bond motifs is 1. The number of benzene rings is 2. The number of rotatable bonds is 6. The zero-order valence-electron chi connectivity index (χ0n) is 17.9. The highest BCUT2D eigenvalue weighted by molar-refractivity contribution is 6.04. The quantitative estimate of drug-likeness (QED) is 0.672. The summed E-state index contributed by atoms with van der Waals surface area (Å²) in [5.41, 5.74) is 1.67. The van der Waals surface area contributed by atoms with E-state index in [0.717, 1.165) is 18.4 Å². The average Bonchev–Trinajstić information content (AvgIpc) is 3.22. The summed E-state index contributed by atoms with van der Waals surface area (Å²) in [6.45, 7) is 2.75. The molecular formula is C24H26N2O6. The van der Waals surface area contributed by atoms with E-state index < -0.39 is 0 Å². The molecule has 2 aliphatic heterocycles. The Morgan fingerprint density at radius 2 is 1.72 bits per heavy atom. The molecule has 4 rings (SSSR count). The summed E-state index contributed by atoms with van der Waals surface area (Å²) in [4.78, 5) is 39.0. The Labute approximate surface area is 186 Å². The van der Waals surface area contributed by atoms with Gasteiger partial charge in [-0.25, -0.2) is 0 Å². The van der Waals surface area contributed by atoms with E-state index in [1.54, 1.807) is 36.4 Å². The fraction of sp³-hybridized carbons (Fsp3) is 0.375. The van der Waals surface area contributed by atoms with Crippen LogP contribution in [0.1, 0.15) is 42.1 Å². The van der Waals surface area contributed by atoms with Gasteiger partial charge in [-0.2, -0.15) is 0 Å². The summed E-state index contributed by atoms with van der Waals surface area (Å²) in [7, 11) is 0. The maximum absolute atomic E-state index is 12.6. The lowest BCUT2D eigenvalue weighted by atomic mass is 9.92. The molecule has 0 aliphatic carbocycles. The van der Waals surface area contributed by atoms with E-state index in [2.05, 4.69) is 5.32 Å². The Morgan fingerprint density at radius 1 is 1.06 bits per heavy atom. The van der Waals surface area contributed by atoms with E-state index >= 15 is 0 Å². The SMILES string of the molecule is CC(=O)c1cc2c(cc1NC(=O)CC1CCN(C(=O)Cc3ccc(O)cc3)CC1)OCO2. The topological polar surface area (TPSA) is 105 Å². The second-order valence-corrected chi connectivity index (χ2v) is 8.23. The van der Waals surface area contributed by atoms with Crippen LogP contribution in [0.3, 0.4) is 0 Å². The molecule has 2 N–H and O–H groups in total. The Hall–Kier alpha value is -3.55. The van der Waals surface area contributed by atoms with Gasteiger partial charge in [-0.15, -0.1) is 0 Å². The maximum Gasteiger partial charge on any atom is 0.231 e. The molecule has 2 heterocycles. The second kappa shape index (κ2) is 9.30. The third-order valence-electron chi connectivity index (χ3n) is 5.90. The number of nitrogens with one attached hydrogen (secondary N) is 1. The number of hydrogen-bond donors (Lipinski definition) is 2. The predicted octanol–water partition coefficient (Wildman–Crippen LogP) is 3.13. The third-order valence-corrected chi connectivity index (χ3v) is 5.90. The number of carbonyl (C=O) groups excluding carboxylic acids is 3. The van der Waals surface area contributed by atoms with Gasteiger partial charge in [-0.1, -0.05) is 12.1 Å².